The molecular formula is C25H38ClN3O4. The quantitative estimate of drug-likeness (QED) is 0.549. The monoisotopic (exact) mass is 479 g/mol. The van der Waals surface area contributed by atoms with Gasteiger partial charge in [0.15, 0.2) is 11.5 Å². The van der Waals surface area contributed by atoms with E-state index in [0.29, 0.717) is 53.7 Å². The average Bonchev–Trinajstić information content (AvgIpc) is 2.80. The minimum Gasteiger partial charge on any atom is -0.493 e. The van der Waals surface area contributed by atoms with Crippen molar-refractivity contribution in [1.29, 1.82) is 0 Å². The summed E-state index contributed by atoms with van der Waals surface area (Å²) in [5.41, 5.74) is 0.436. The van der Waals surface area contributed by atoms with Gasteiger partial charge < -0.3 is 25.0 Å². The number of rotatable bonds is 8. The first-order chi connectivity index (χ1) is 15.9. The van der Waals surface area contributed by atoms with E-state index in [-0.39, 0.29) is 18.0 Å². The molecular weight excluding hydrogens is 442 g/mol. The van der Waals surface area contributed by atoms with E-state index in [1.54, 1.807) is 12.1 Å². The minimum atomic E-state index is -0.200. The number of piperidine rings is 1. The highest BCUT2D eigenvalue weighted by molar-refractivity contribution is 6.32. The zero-order valence-electron chi connectivity index (χ0n) is 20.1. The van der Waals surface area contributed by atoms with E-state index in [9.17, 15) is 9.59 Å². The Labute approximate surface area is 202 Å². The third-order valence-electron chi connectivity index (χ3n) is 6.48. The largest absolute Gasteiger partial charge is 0.493 e. The van der Waals surface area contributed by atoms with Crippen LogP contribution >= 0.6 is 11.6 Å². The number of hydrogen-bond acceptors (Lipinski definition) is 4. The minimum absolute atomic E-state index is 0.0166. The molecule has 1 aliphatic carbocycles. The van der Waals surface area contributed by atoms with E-state index in [2.05, 4.69) is 24.5 Å². The molecule has 0 aromatic heterocycles. The smallest absolute Gasteiger partial charge is 0.317 e. The molecule has 2 N–H and O–H groups in total. The van der Waals surface area contributed by atoms with Crippen molar-refractivity contribution in [2.24, 2.45) is 5.92 Å². The number of benzene rings is 1. The molecule has 8 heteroatoms. The van der Waals surface area contributed by atoms with Crippen molar-refractivity contribution >= 4 is 23.5 Å². The second-order valence-electron chi connectivity index (χ2n) is 9.54. The Morgan fingerprint density at radius 3 is 2.36 bits per heavy atom. The maximum absolute atomic E-state index is 12.9. The van der Waals surface area contributed by atoms with E-state index in [0.717, 1.165) is 32.1 Å². The van der Waals surface area contributed by atoms with Gasteiger partial charge in [-0.15, -0.1) is 0 Å². The lowest BCUT2D eigenvalue weighted by atomic mass is 9.95. The molecule has 184 valence electrons. The lowest BCUT2D eigenvalue weighted by molar-refractivity contribution is 0.0917. The van der Waals surface area contributed by atoms with Gasteiger partial charge in [-0.25, -0.2) is 4.79 Å². The fraction of sp³-hybridized carbons (Fsp3) is 0.680. The summed E-state index contributed by atoms with van der Waals surface area (Å²) in [4.78, 5) is 27.3. The van der Waals surface area contributed by atoms with E-state index in [1.807, 2.05) is 4.90 Å². The van der Waals surface area contributed by atoms with Crippen LogP contribution < -0.4 is 20.1 Å². The number of nitrogens with zero attached hydrogens (tertiary/aromatic N) is 1. The van der Waals surface area contributed by atoms with Crippen molar-refractivity contribution in [3.8, 4) is 11.5 Å². The molecule has 1 aromatic rings. The Morgan fingerprint density at radius 1 is 1.06 bits per heavy atom. The summed E-state index contributed by atoms with van der Waals surface area (Å²) in [6.07, 6.45) is 8.16. The van der Waals surface area contributed by atoms with Crippen molar-refractivity contribution in [2.75, 3.05) is 26.8 Å². The highest BCUT2D eigenvalue weighted by atomic mass is 35.5. The molecule has 3 amide bonds. The van der Waals surface area contributed by atoms with Crippen LogP contribution in [0.3, 0.4) is 0 Å². The van der Waals surface area contributed by atoms with E-state index in [1.165, 1.54) is 26.4 Å². The van der Waals surface area contributed by atoms with Crippen LogP contribution in [0.4, 0.5) is 4.79 Å². The maximum Gasteiger partial charge on any atom is 0.317 e. The molecule has 0 spiro atoms. The van der Waals surface area contributed by atoms with Gasteiger partial charge in [-0.1, -0.05) is 44.7 Å². The van der Waals surface area contributed by atoms with Gasteiger partial charge in [-0.3, -0.25) is 4.79 Å². The predicted octanol–water partition coefficient (Wildman–Crippen LogP) is 5.01. The number of amides is 3. The molecule has 1 heterocycles. The second-order valence-corrected chi connectivity index (χ2v) is 9.95. The van der Waals surface area contributed by atoms with Gasteiger partial charge in [0.2, 0.25) is 0 Å². The van der Waals surface area contributed by atoms with Crippen molar-refractivity contribution in [3.63, 3.8) is 0 Å². The number of urea groups is 1. The molecule has 0 unspecified atom stereocenters. The Hall–Kier alpha value is -2.15. The van der Waals surface area contributed by atoms with Gasteiger partial charge in [-0.2, -0.15) is 0 Å². The number of likely N-dealkylation sites (tertiary alicyclic amines) is 1. The molecule has 1 aliphatic heterocycles. The van der Waals surface area contributed by atoms with Crippen molar-refractivity contribution in [2.45, 2.75) is 77.3 Å². The van der Waals surface area contributed by atoms with Crippen LogP contribution in [0.5, 0.6) is 11.5 Å². The highest BCUT2D eigenvalue weighted by Crippen LogP contribution is 2.36. The summed E-state index contributed by atoms with van der Waals surface area (Å²) in [6, 6.07) is 3.63. The lowest BCUT2D eigenvalue weighted by Crippen LogP contribution is -2.51. The van der Waals surface area contributed by atoms with E-state index < -0.39 is 0 Å². The van der Waals surface area contributed by atoms with Gasteiger partial charge in [0, 0.05) is 30.7 Å². The van der Waals surface area contributed by atoms with Crippen LogP contribution in [-0.2, 0) is 0 Å². The summed E-state index contributed by atoms with van der Waals surface area (Å²) in [6.45, 7) is 6.06. The highest BCUT2D eigenvalue weighted by Gasteiger charge is 2.26. The van der Waals surface area contributed by atoms with Crippen molar-refractivity contribution in [1.82, 2.24) is 15.5 Å². The maximum atomic E-state index is 12.9. The molecule has 0 bridgehead atoms. The van der Waals surface area contributed by atoms with Crippen LogP contribution in [0.25, 0.3) is 0 Å². The summed E-state index contributed by atoms with van der Waals surface area (Å²) in [7, 11) is 1.54. The summed E-state index contributed by atoms with van der Waals surface area (Å²) < 4.78 is 11.2. The first-order valence-corrected chi connectivity index (χ1v) is 12.6. The number of methoxy groups -OCH3 is 1. The zero-order chi connectivity index (χ0) is 23.8. The fourth-order valence-electron chi connectivity index (χ4n) is 4.40. The van der Waals surface area contributed by atoms with Gasteiger partial charge >= 0.3 is 6.03 Å². The van der Waals surface area contributed by atoms with Crippen LogP contribution in [0.15, 0.2) is 12.1 Å². The van der Waals surface area contributed by atoms with Gasteiger partial charge in [-0.05, 0) is 50.2 Å². The number of carbonyl (C=O) groups is 2. The topological polar surface area (TPSA) is 79.9 Å². The number of carbonyl (C=O) groups excluding carboxylic acids is 2. The summed E-state index contributed by atoms with van der Waals surface area (Å²) in [5.74, 6) is 1.23. The Bertz CT molecular complexity index is 803. The molecule has 7 nitrogen and oxygen atoms in total. The summed E-state index contributed by atoms with van der Waals surface area (Å²) >= 11 is 6.41. The second kappa shape index (κ2) is 12.4. The molecule has 1 saturated heterocycles. The Kier molecular flexibility index (Phi) is 9.53. The number of ether oxygens (including phenoxy) is 2. The number of nitrogens with one attached hydrogen (secondary N) is 2. The van der Waals surface area contributed by atoms with Gasteiger partial charge in [0.25, 0.3) is 5.91 Å². The molecule has 1 aromatic carbocycles. The molecule has 1 saturated carbocycles. The zero-order valence-corrected chi connectivity index (χ0v) is 20.9. The van der Waals surface area contributed by atoms with Gasteiger partial charge in [0.1, 0.15) is 0 Å². The van der Waals surface area contributed by atoms with Crippen LogP contribution in [0.1, 0.15) is 75.6 Å². The van der Waals surface area contributed by atoms with Crippen LogP contribution in [-0.4, -0.2) is 55.7 Å². The third-order valence-corrected chi connectivity index (χ3v) is 6.76. The van der Waals surface area contributed by atoms with Crippen LogP contribution in [0, 0.1) is 5.92 Å². The fourth-order valence-corrected chi connectivity index (χ4v) is 4.66. The third kappa shape index (κ3) is 7.42. The lowest BCUT2D eigenvalue weighted by Gasteiger charge is -2.34. The number of hydrogen-bond donors (Lipinski definition) is 2. The summed E-state index contributed by atoms with van der Waals surface area (Å²) in [5, 5.41) is 6.61. The molecule has 2 aliphatic rings. The SMILES string of the molecule is COc1cc(C(=O)NC2CCN(C(=O)NC3CCCCC3)CC2)cc(Cl)c1OCCC(C)C. The van der Waals surface area contributed by atoms with E-state index >= 15 is 0 Å². The molecule has 33 heavy (non-hydrogen) atoms. The van der Waals surface area contributed by atoms with Gasteiger partial charge in [0.05, 0.1) is 18.7 Å². The normalized spacial score (nSPS) is 17.7. The van der Waals surface area contributed by atoms with Crippen molar-refractivity contribution in [3.05, 3.63) is 22.7 Å². The molecule has 2 fully saturated rings. The Morgan fingerprint density at radius 2 is 1.73 bits per heavy atom. The first kappa shape index (κ1) is 25.5. The van der Waals surface area contributed by atoms with Crippen LogP contribution in [0.2, 0.25) is 5.02 Å². The number of halogens is 1. The molecule has 0 radical (unpaired) electrons. The standard InChI is InChI=1S/C25H38ClN3O4/c1-17(2)11-14-33-23-21(26)15-18(16-22(23)32-3)24(30)27-20-9-12-29(13-10-20)25(31)28-19-7-5-4-6-8-19/h15-17,19-20H,4-14H2,1-3H3,(H,27,30)(H,28,31). The molecule has 3 rings (SSSR count). The average molecular weight is 480 g/mol. The predicted molar refractivity (Wildman–Crippen MR) is 130 cm³/mol. The first-order valence-electron chi connectivity index (χ1n) is 12.2. The van der Waals surface area contributed by atoms with Crippen molar-refractivity contribution < 1.29 is 19.1 Å². The van der Waals surface area contributed by atoms with E-state index in [4.69, 9.17) is 21.1 Å². The molecule has 0 atom stereocenters. The Balaban J connectivity index is 1.51.